The molecule has 9 unspecified atom stereocenters. The van der Waals surface area contributed by atoms with E-state index in [4.69, 9.17) is 32.8 Å². The average Bonchev–Trinajstić information content (AvgIpc) is 3.00. The molecule has 2 fully saturated rings. The molecule has 17 nitrogen and oxygen atoms in total. The Morgan fingerprint density at radius 2 is 1.67 bits per heavy atom. The van der Waals surface area contributed by atoms with Crippen LogP contribution in [0.3, 0.4) is 0 Å². The first-order chi connectivity index (χ1) is 21.8. The zero-order valence-corrected chi connectivity index (χ0v) is 24.2. The molecular weight excluding hydrogens is 620 g/mol. The monoisotopic (exact) mass is 652 g/mol. The number of hydrogen-bond donors (Lipinski definition) is 8. The van der Waals surface area contributed by atoms with E-state index in [0.29, 0.717) is 0 Å². The number of fused-ring (bicyclic) bond motifs is 1. The Bertz CT molecular complexity index is 1640. The normalized spacial score (nSPS) is 29.8. The highest BCUT2D eigenvalue weighted by atomic mass is 16.7. The van der Waals surface area contributed by atoms with E-state index in [0.717, 1.165) is 19.1 Å². The molecule has 2 saturated heterocycles. The number of esters is 1. The minimum absolute atomic E-state index is 0.0238. The first kappa shape index (κ1) is 33.2. The molecule has 2 aromatic carbocycles. The lowest BCUT2D eigenvalue weighted by molar-refractivity contribution is -0.309. The molecule has 46 heavy (non-hydrogen) atoms. The lowest BCUT2D eigenvalue weighted by Crippen LogP contribution is -2.61. The van der Waals surface area contributed by atoms with Crippen molar-refractivity contribution in [1.82, 2.24) is 0 Å². The minimum Gasteiger partial charge on any atom is -0.508 e. The fourth-order valence-electron chi connectivity index (χ4n) is 5.07. The highest BCUT2D eigenvalue weighted by Crippen LogP contribution is 2.39. The molecule has 17 heteroatoms. The number of phenols is 3. The van der Waals surface area contributed by atoms with Crippen molar-refractivity contribution in [2.45, 2.75) is 62.2 Å². The molecule has 250 valence electrons. The summed E-state index contributed by atoms with van der Waals surface area (Å²) in [5.41, 5.74) is -1.15. The van der Waals surface area contributed by atoms with Crippen molar-refractivity contribution in [1.29, 1.82) is 0 Å². The van der Waals surface area contributed by atoms with Gasteiger partial charge < -0.3 is 73.7 Å². The summed E-state index contributed by atoms with van der Waals surface area (Å²) in [4.78, 5) is 25.3. The zero-order chi connectivity index (χ0) is 33.4. The van der Waals surface area contributed by atoms with Crippen molar-refractivity contribution in [3.05, 3.63) is 40.6 Å². The van der Waals surface area contributed by atoms with Crippen molar-refractivity contribution >= 4 is 16.9 Å². The van der Waals surface area contributed by atoms with Gasteiger partial charge in [0.2, 0.25) is 17.5 Å². The SMILES string of the molecule is COc1cc(-c2oc3cc(O)cc(O)c3c(=O)c2OC2OC(COC3OCC(O)C(O)C3OC(C)=O)C(O)C(O)C2O)ccc1O. The van der Waals surface area contributed by atoms with Crippen LogP contribution in [0.15, 0.2) is 39.5 Å². The predicted octanol–water partition coefficient (Wildman–Crippen LogP) is -1.20. The van der Waals surface area contributed by atoms with Crippen LogP contribution in [0, 0.1) is 0 Å². The maximum Gasteiger partial charge on any atom is 0.303 e. The Balaban J connectivity index is 1.48. The minimum atomic E-state index is -1.96. The van der Waals surface area contributed by atoms with Crippen LogP contribution in [0.5, 0.6) is 28.7 Å². The van der Waals surface area contributed by atoms with Gasteiger partial charge in [-0.1, -0.05) is 0 Å². The van der Waals surface area contributed by atoms with Gasteiger partial charge >= 0.3 is 5.97 Å². The zero-order valence-electron chi connectivity index (χ0n) is 24.2. The summed E-state index contributed by atoms with van der Waals surface area (Å²) in [6, 6.07) is 5.80. The molecule has 5 rings (SSSR count). The van der Waals surface area contributed by atoms with Crippen LogP contribution in [0.25, 0.3) is 22.3 Å². The molecule has 8 N–H and O–H groups in total. The molecule has 0 bridgehead atoms. The van der Waals surface area contributed by atoms with E-state index in [-0.39, 0.29) is 28.4 Å². The lowest BCUT2D eigenvalue weighted by atomic mass is 9.99. The van der Waals surface area contributed by atoms with Crippen molar-refractivity contribution in [2.75, 3.05) is 20.3 Å². The number of carbonyl (C=O) groups is 1. The summed E-state index contributed by atoms with van der Waals surface area (Å²) in [5, 5.41) is 82.3. The van der Waals surface area contributed by atoms with E-state index in [1.165, 1.54) is 25.3 Å². The van der Waals surface area contributed by atoms with Crippen LogP contribution in [0.4, 0.5) is 0 Å². The van der Waals surface area contributed by atoms with Crippen molar-refractivity contribution in [3.8, 4) is 40.1 Å². The van der Waals surface area contributed by atoms with E-state index in [2.05, 4.69) is 0 Å². The van der Waals surface area contributed by atoms with Gasteiger partial charge in [0.1, 0.15) is 59.1 Å². The first-order valence-electron chi connectivity index (χ1n) is 13.8. The van der Waals surface area contributed by atoms with E-state index < -0.39 is 103 Å². The Hall–Kier alpha value is -4.20. The molecule has 0 radical (unpaired) electrons. The Kier molecular flexibility index (Phi) is 9.57. The maximum absolute atomic E-state index is 13.7. The predicted molar refractivity (Wildman–Crippen MR) is 150 cm³/mol. The molecule has 0 amide bonds. The highest BCUT2D eigenvalue weighted by molar-refractivity contribution is 5.88. The lowest BCUT2D eigenvalue weighted by Gasteiger charge is -2.41. The summed E-state index contributed by atoms with van der Waals surface area (Å²) >= 11 is 0. The third kappa shape index (κ3) is 6.39. The number of carbonyl (C=O) groups excluding carboxylic acids is 1. The highest BCUT2D eigenvalue weighted by Gasteiger charge is 2.48. The standard InChI is InChI=1S/C29H32O17/c1-10(30)43-27-20(35)15(34)8-41-29(27)42-9-18-21(36)23(38)24(39)28(45-18)46-26-22(37)19-14(33)6-12(31)7-17(19)44-25(26)11-3-4-13(32)16(5-11)40-2/h3-7,15,18,20-21,23-24,27-29,31-36,38-39H,8-9H2,1-2H3. The van der Waals surface area contributed by atoms with Gasteiger partial charge in [-0.15, -0.1) is 0 Å². The van der Waals surface area contributed by atoms with E-state index in [9.17, 15) is 50.4 Å². The van der Waals surface area contributed by atoms with Crippen molar-refractivity contribution < 1.29 is 78.5 Å². The number of phenolic OH excluding ortho intramolecular Hbond substituents is 3. The second kappa shape index (κ2) is 13.3. The summed E-state index contributed by atoms with van der Waals surface area (Å²) in [5.74, 6) is -3.15. The molecule has 2 aliphatic heterocycles. The van der Waals surface area contributed by atoms with Gasteiger partial charge in [0, 0.05) is 24.6 Å². The maximum atomic E-state index is 13.7. The molecule has 0 saturated carbocycles. The first-order valence-corrected chi connectivity index (χ1v) is 13.8. The van der Waals surface area contributed by atoms with E-state index in [1.54, 1.807) is 0 Å². The van der Waals surface area contributed by atoms with Crippen LogP contribution in [-0.4, -0.2) is 122 Å². The topological polar surface area (TPSA) is 264 Å². The molecular formula is C29H32O17. The number of aromatic hydroxyl groups is 3. The van der Waals surface area contributed by atoms with Gasteiger partial charge in [0.25, 0.3) is 0 Å². The number of methoxy groups -OCH3 is 1. The summed E-state index contributed by atoms with van der Waals surface area (Å²) in [7, 11) is 1.28. The van der Waals surface area contributed by atoms with E-state index >= 15 is 0 Å². The Labute approximate surface area is 258 Å². The molecule has 3 heterocycles. The van der Waals surface area contributed by atoms with Crippen LogP contribution in [-0.2, 0) is 23.7 Å². The van der Waals surface area contributed by atoms with Gasteiger partial charge in [-0.05, 0) is 18.2 Å². The largest absolute Gasteiger partial charge is 0.508 e. The Morgan fingerprint density at radius 1 is 0.935 bits per heavy atom. The molecule has 9 atom stereocenters. The van der Waals surface area contributed by atoms with Gasteiger partial charge in [-0.25, -0.2) is 0 Å². The van der Waals surface area contributed by atoms with Gasteiger partial charge in [-0.2, -0.15) is 0 Å². The molecule has 3 aromatic rings. The number of hydrogen-bond acceptors (Lipinski definition) is 17. The fraction of sp³-hybridized carbons (Fsp3) is 0.448. The van der Waals surface area contributed by atoms with Crippen LogP contribution in [0.2, 0.25) is 0 Å². The molecule has 2 aliphatic rings. The van der Waals surface area contributed by atoms with Gasteiger partial charge in [0.05, 0.1) is 20.3 Å². The summed E-state index contributed by atoms with van der Waals surface area (Å²) in [6.07, 6.45) is -14.9. The Morgan fingerprint density at radius 3 is 2.37 bits per heavy atom. The second-order valence-corrected chi connectivity index (χ2v) is 10.6. The van der Waals surface area contributed by atoms with Crippen molar-refractivity contribution in [2.24, 2.45) is 0 Å². The number of ether oxygens (including phenoxy) is 6. The number of aliphatic hydroxyl groups is 5. The van der Waals surface area contributed by atoms with Crippen LogP contribution >= 0.6 is 0 Å². The fourth-order valence-corrected chi connectivity index (χ4v) is 5.07. The van der Waals surface area contributed by atoms with E-state index in [1.807, 2.05) is 0 Å². The molecule has 1 aromatic heterocycles. The summed E-state index contributed by atoms with van der Waals surface area (Å²) in [6.45, 7) is 0.0646. The third-order valence-electron chi connectivity index (χ3n) is 7.42. The van der Waals surface area contributed by atoms with Gasteiger partial charge in [-0.3, -0.25) is 9.59 Å². The molecule has 0 aliphatic carbocycles. The van der Waals surface area contributed by atoms with Crippen LogP contribution in [0.1, 0.15) is 6.92 Å². The second-order valence-electron chi connectivity index (χ2n) is 10.6. The van der Waals surface area contributed by atoms with Crippen LogP contribution < -0.4 is 14.9 Å². The van der Waals surface area contributed by atoms with Gasteiger partial charge in [0.15, 0.2) is 29.7 Å². The molecule has 0 spiro atoms. The quantitative estimate of drug-likeness (QED) is 0.133. The number of rotatable bonds is 8. The number of aliphatic hydroxyl groups excluding tert-OH is 5. The average molecular weight is 653 g/mol. The third-order valence-corrected chi connectivity index (χ3v) is 7.42. The van der Waals surface area contributed by atoms with Crippen molar-refractivity contribution in [3.63, 3.8) is 0 Å². The smallest absolute Gasteiger partial charge is 0.303 e. The summed E-state index contributed by atoms with van der Waals surface area (Å²) < 4.78 is 38.3. The number of benzene rings is 2.